The van der Waals surface area contributed by atoms with Gasteiger partial charge in [-0.05, 0) is 30.2 Å². The standard InChI is InChI=1S/C16H9ClF5N3O3/c1-6-4-7(2-3-8(6)17)9-5-25-12(13(26)23-9)10(11(24-25)14(27)28)15(18,19)16(20,21)22/h2-5H,1H3,(H,23,26)(H,27,28). The second kappa shape index (κ2) is 6.30. The lowest BCUT2D eigenvalue weighted by Gasteiger charge is -2.19. The smallest absolute Gasteiger partial charge is 0.458 e. The van der Waals surface area contributed by atoms with Crippen LogP contribution in [0.2, 0.25) is 5.02 Å². The van der Waals surface area contributed by atoms with Gasteiger partial charge in [-0.25, -0.2) is 9.31 Å². The summed E-state index contributed by atoms with van der Waals surface area (Å²) in [5, 5.41) is 12.7. The van der Waals surface area contributed by atoms with Gasteiger partial charge < -0.3 is 10.1 Å². The van der Waals surface area contributed by atoms with E-state index in [0.29, 0.717) is 20.7 Å². The first-order valence-electron chi connectivity index (χ1n) is 7.45. The van der Waals surface area contributed by atoms with Gasteiger partial charge in [0, 0.05) is 5.02 Å². The molecule has 0 radical (unpaired) electrons. The number of alkyl halides is 5. The second-order valence-corrected chi connectivity index (χ2v) is 6.26. The molecule has 0 aliphatic heterocycles. The van der Waals surface area contributed by atoms with Gasteiger partial charge in [0.2, 0.25) is 0 Å². The van der Waals surface area contributed by atoms with Crippen molar-refractivity contribution in [1.29, 1.82) is 0 Å². The fraction of sp³-hybridized carbons (Fsp3) is 0.188. The van der Waals surface area contributed by atoms with Crippen LogP contribution in [0.1, 0.15) is 21.6 Å². The maximum atomic E-state index is 13.9. The predicted octanol–water partition coefficient (Wildman–Crippen LogP) is 4.00. The highest BCUT2D eigenvalue weighted by Crippen LogP contribution is 2.46. The molecule has 0 atom stereocenters. The van der Waals surface area contributed by atoms with Crippen LogP contribution in [0.15, 0.2) is 29.2 Å². The monoisotopic (exact) mass is 421 g/mol. The lowest BCUT2D eigenvalue weighted by molar-refractivity contribution is -0.288. The zero-order valence-corrected chi connectivity index (χ0v) is 14.5. The van der Waals surface area contributed by atoms with Crippen LogP contribution in [-0.4, -0.2) is 31.9 Å². The van der Waals surface area contributed by atoms with Crippen molar-refractivity contribution in [3.8, 4) is 11.3 Å². The van der Waals surface area contributed by atoms with Crippen molar-refractivity contribution in [2.24, 2.45) is 0 Å². The quantitative estimate of drug-likeness (QED) is 0.626. The van der Waals surface area contributed by atoms with Gasteiger partial charge in [-0.1, -0.05) is 17.7 Å². The number of nitrogens with zero attached hydrogens (tertiary/aromatic N) is 2. The molecule has 0 spiro atoms. The topological polar surface area (TPSA) is 87.5 Å². The highest BCUT2D eigenvalue weighted by atomic mass is 35.5. The highest BCUT2D eigenvalue weighted by molar-refractivity contribution is 6.31. The van der Waals surface area contributed by atoms with Crippen molar-refractivity contribution < 1.29 is 31.9 Å². The number of halogens is 6. The number of aryl methyl sites for hydroxylation is 1. The van der Waals surface area contributed by atoms with Crippen LogP contribution >= 0.6 is 11.6 Å². The molecule has 0 amide bonds. The third-order valence-corrected chi connectivity index (χ3v) is 4.39. The van der Waals surface area contributed by atoms with Crippen molar-refractivity contribution in [2.45, 2.75) is 19.0 Å². The molecule has 0 bridgehead atoms. The molecule has 2 heterocycles. The van der Waals surface area contributed by atoms with E-state index in [0.717, 1.165) is 6.20 Å². The van der Waals surface area contributed by atoms with E-state index in [9.17, 15) is 31.5 Å². The number of benzene rings is 1. The molecule has 0 unspecified atom stereocenters. The minimum absolute atomic E-state index is 0.0126. The zero-order valence-electron chi connectivity index (χ0n) is 13.7. The average Bonchev–Trinajstić information content (AvgIpc) is 2.97. The number of hydrogen-bond donors (Lipinski definition) is 2. The Balaban J connectivity index is 2.35. The molecule has 0 saturated carbocycles. The molecule has 3 rings (SSSR count). The summed E-state index contributed by atoms with van der Waals surface area (Å²) in [6.07, 6.45) is -5.18. The number of aromatic nitrogens is 3. The molecule has 28 heavy (non-hydrogen) atoms. The maximum absolute atomic E-state index is 13.9. The Morgan fingerprint density at radius 3 is 2.43 bits per heavy atom. The van der Waals surface area contributed by atoms with Crippen LogP contribution in [0.5, 0.6) is 0 Å². The number of carbonyl (C=O) groups is 1. The molecule has 2 aromatic heterocycles. The first kappa shape index (κ1) is 19.8. The number of carboxylic acids is 1. The molecule has 148 valence electrons. The Labute approximate surface area is 157 Å². The van der Waals surface area contributed by atoms with Crippen LogP contribution in [0.3, 0.4) is 0 Å². The molecule has 3 aromatic rings. The van der Waals surface area contributed by atoms with Gasteiger partial charge in [0.1, 0.15) is 5.52 Å². The van der Waals surface area contributed by atoms with E-state index in [1.165, 1.54) is 18.2 Å². The van der Waals surface area contributed by atoms with Crippen LogP contribution < -0.4 is 5.56 Å². The number of carboxylic acid groups (broad SMARTS) is 1. The van der Waals surface area contributed by atoms with Crippen molar-refractivity contribution >= 4 is 23.1 Å². The number of H-pyrrole nitrogens is 1. The first-order chi connectivity index (χ1) is 12.8. The van der Waals surface area contributed by atoms with Crippen molar-refractivity contribution in [3.63, 3.8) is 0 Å². The van der Waals surface area contributed by atoms with Gasteiger partial charge in [-0.15, -0.1) is 0 Å². The predicted molar refractivity (Wildman–Crippen MR) is 87.9 cm³/mol. The maximum Gasteiger partial charge on any atom is 0.458 e. The lowest BCUT2D eigenvalue weighted by Crippen LogP contribution is -2.35. The molecular formula is C16H9ClF5N3O3. The van der Waals surface area contributed by atoms with E-state index in [1.54, 1.807) is 6.92 Å². The summed E-state index contributed by atoms with van der Waals surface area (Å²) in [5.74, 6) is -7.74. The Hall–Kier alpha value is -2.95. The highest BCUT2D eigenvalue weighted by Gasteiger charge is 2.62. The molecule has 0 aliphatic rings. The molecule has 1 aromatic carbocycles. The SMILES string of the molecule is Cc1cc(-c2cn3nc(C(=O)O)c(C(F)(F)C(F)(F)F)c3c(=O)[nH]2)ccc1Cl. The minimum Gasteiger partial charge on any atom is -0.476 e. The lowest BCUT2D eigenvalue weighted by atomic mass is 10.1. The molecule has 12 heteroatoms. The van der Waals surface area contributed by atoms with E-state index >= 15 is 0 Å². The van der Waals surface area contributed by atoms with Gasteiger partial charge >= 0.3 is 18.1 Å². The number of aromatic carboxylic acids is 1. The summed E-state index contributed by atoms with van der Waals surface area (Å²) in [5.41, 5.74) is -5.19. The van der Waals surface area contributed by atoms with Gasteiger partial charge in [0.15, 0.2) is 5.69 Å². The number of nitrogens with one attached hydrogen (secondary N) is 1. The summed E-state index contributed by atoms with van der Waals surface area (Å²) in [6, 6.07) is 4.50. The van der Waals surface area contributed by atoms with Crippen molar-refractivity contribution in [2.75, 3.05) is 0 Å². The van der Waals surface area contributed by atoms with Crippen LogP contribution in [0.4, 0.5) is 22.0 Å². The molecule has 0 saturated heterocycles. The van der Waals surface area contributed by atoms with E-state index < -0.39 is 40.4 Å². The largest absolute Gasteiger partial charge is 0.476 e. The van der Waals surface area contributed by atoms with E-state index in [4.69, 9.17) is 16.7 Å². The van der Waals surface area contributed by atoms with Crippen molar-refractivity contribution in [1.82, 2.24) is 14.6 Å². The third-order valence-electron chi connectivity index (χ3n) is 3.97. The van der Waals surface area contributed by atoms with Crippen LogP contribution in [0, 0.1) is 6.92 Å². The number of hydrogen-bond acceptors (Lipinski definition) is 3. The third kappa shape index (κ3) is 3.01. The van der Waals surface area contributed by atoms with E-state index in [2.05, 4.69) is 10.1 Å². The van der Waals surface area contributed by atoms with E-state index in [-0.39, 0.29) is 5.69 Å². The second-order valence-electron chi connectivity index (χ2n) is 5.85. The average molecular weight is 422 g/mol. The molecular weight excluding hydrogens is 413 g/mol. The Kier molecular flexibility index (Phi) is 4.45. The number of rotatable bonds is 3. The summed E-state index contributed by atoms with van der Waals surface area (Å²) >= 11 is 5.90. The Morgan fingerprint density at radius 1 is 1.25 bits per heavy atom. The molecule has 6 nitrogen and oxygen atoms in total. The number of aromatic amines is 1. The fourth-order valence-electron chi connectivity index (χ4n) is 2.63. The van der Waals surface area contributed by atoms with E-state index in [1.807, 2.05) is 0 Å². The summed E-state index contributed by atoms with van der Waals surface area (Å²) in [6.45, 7) is 1.65. The van der Waals surface area contributed by atoms with Gasteiger partial charge in [-0.2, -0.15) is 27.1 Å². The summed E-state index contributed by atoms with van der Waals surface area (Å²) in [4.78, 5) is 25.7. The molecule has 0 aliphatic carbocycles. The van der Waals surface area contributed by atoms with Crippen molar-refractivity contribution in [3.05, 3.63) is 56.6 Å². The minimum atomic E-state index is -6.13. The molecule has 0 fully saturated rings. The zero-order chi connectivity index (χ0) is 21.0. The normalized spacial score (nSPS) is 12.5. The fourth-order valence-corrected chi connectivity index (χ4v) is 2.75. The Morgan fingerprint density at radius 2 is 1.89 bits per heavy atom. The Bertz CT molecular complexity index is 1170. The van der Waals surface area contributed by atoms with Crippen LogP contribution in [-0.2, 0) is 5.92 Å². The summed E-state index contributed by atoms with van der Waals surface area (Å²) < 4.78 is 66.7. The summed E-state index contributed by atoms with van der Waals surface area (Å²) in [7, 11) is 0. The first-order valence-corrected chi connectivity index (χ1v) is 7.83. The number of fused-ring (bicyclic) bond motifs is 1. The van der Waals surface area contributed by atoms with Crippen LogP contribution in [0.25, 0.3) is 16.8 Å². The van der Waals surface area contributed by atoms with Gasteiger partial charge in [0.25, 0.3) is 5.56 Å². The van der Waals surface area contributed by atoms with Gasteiger partial charge in [-0.3, -0.25) is 4.79 Å². The van der Waals surface area contributed by atoms with Gasteiger partial charge in [0.05, 0.1) is 17.5 Å². The molecule has 2 N–H and O–H groups in total.